The number of ether oxygens (including phenoxy) is 3. The van der Waals surface area contributed by atoms with Crippen LogP contribution in [-0.4, -0.2) is 38.7 Å². The summed E-state index contributed by atoms with van der Waals surface area (Å²) in [5.41, 5.74) is 2.88. The van der Waals surface area contributed by atoms with E-state index >= 15 is 0 Å². The van der Waals surface area contributed by atoms with E-state index in [0.29, 0.717) is 40.7 Å². The highest BCUT2D eigenvalue weighted by molar-refractivity contribution is 6.06. The fourth-order valence-corrected chi connectivity index (χ4v) is 3.98. The van der Waals surface area contributed by atoms with Crippen LogP contribution in [0.4, 0.5) is 11.4 Å². The van der Waals surface area contributed by atoms with Crippen LogP contribution in [-0.2, 0) is 11.2 Å². The van der Waals surface area contributed by atoms with Gasteiger partial charge in [-0.2, -0.15) is 0 Å². The number of hydrogen-bond acceptors (Lipinski definition) is 5. The Morgan fingerprint density at radius 2 is 1.76 bits per heavy atom. The number of carbonyl (C=O) groups excluding carboxylic acids is 2. The molecule has 3 aromatic rings. The van der Waals surface area contributed by atoms with Gasteiger partial charge in [0.05, 0.1) is 19.9 Å². The molecular formula is C27H28N2O5. The number of benzene rings is 3. The molecule has 7 nitrogen and oxygen atoms in total. The predicted molar refractivity (Wildman–Crippen MR) is 131 cm³/mol. The average Bonchev–Trinajstić information content (AvgIpc) is 2.86. The number of amides is 2. The van der Waals surface area contributed by atoms with Crippen LogP contribution in [0, 0.1) is 0 Å². The van der Waals surface area contributed by atoms with Crippen LogP contribution >= 0.6 is 0 Å². The molecule has 176 valence electrons. The van der Waals surface area contributed by atoms with Crippen molar-refractivity contribution in [1.82, 2.24) is 0 Å². The van der Waals surface area contributed by atoms with Crippen LogP contribution < -0.4 is 24.4 Å². The van der Waals surface area contributed by atoms with E-state index in [4.69, 9.17) is 14.2 Å². The molecule has 0 spiro atoms. The molecule has 1 atom stereocenters. The van der Waals surface area contributed by atoms with Gasteiger partial charge in [0.15, 0.2) is 17.6 Å². The molecule has 34 heavy (non-hydrogen) atoms. The van der Waals surface area contributed by atoms with E-state index in [1.165, 1.54) is 12.7 Å². The van der Waals surface area contributed by atoms with Crippen molar-refractivity contribution >= 4 is 23.2 Å². The maximum Gasteiger partial charge on any atom is 0.267 e. The predicted octanol–water partition coefficient (Wildman–Crippen LogP) is 4.70. The first-order valence-electron chi connectivity index (χ1n) is 11.2. The second-order valence-corrected chi connectivity index (χ2v) is 8.05. The summed E-state index contributed by atoms with van der Waals surface area (Å²) in [5.74, 6) is 1.25. The minimum absolute atomic E-state index is 0.0936. The molecule has 0 saturated heterocycles. The Morgan fingerprint density at radius 3 is 2.50 bits per heavy atom. The summed E-state index contributed by atoms with van der Waals surface area (Å²) >= 11 is 0. The first-order chi connectivity index (χ1) is 16.5. The molecule has 0 radical (unpaired) electrons. The topological polar surface area (TPSA) is 77.1 Å². The van der Waals surface area contributed by atoms with E-state index in [-0.39, 0.29) is 11.8 Å². The third kappa shape index (κ3) is 4.98. The van der Waals surface area contributed by atoms with Crippen LogP contribution in [0.15, 0.2) is 66.7 Å². The normalized spacial score (nSPS) is 14.7. The molecule has 1 N–H and O–H groups in total. The summed E-state index contributed by atoms with van der Waals surface area (Å²) < 4.78 is 16.3. The molecule has 1 unspecified atom stereocenters. The summed E-state index contributed by atoms with van der Waals surface area (Å²) in [5, 5.41) is 2.90. The molecule has 4 rings (SSSR count). The number of fused-ring (bicyclic) bond motifs is 1. The van der Waals surface area contributed by atoms with Crippen LogP contribution in [0.25, 0.3) is 0 Å². The average molecular weight is 461 g/mol. The van der Waals surface area contributed by atoms with E-state index in [1.807, 2.05) is 18.2 Å². The second-order valence-electron chi connectivity index (χ2n) is 8.05. The highest BCUT2D eigenvalue weighted by atomic mass is 16.5. The van der Waals surface area contributed by atoms with E-state index < -0.39 is 6.10 Å². The minimum Gasteiger partial charge on any atom is -0.493 e. The summed E-state index contributed by atoms with van der Waals surface area (Å²) in [6, 6.07) is 20.5. The van der Waals surface area contributed by atoms with Crippen molar-refractivity contribution in [3.8, 4) is 17.2 Å². The number of hydrogen-bond donors (Lipinski definition) is 1. The van der Waals surface area contributed by atoms with Gasteiger partial charge in [0, 0.05) is 17.8 Å². The number of nitrogens with zero attached hydrogens (tertiary/aromatic N) is 1. The van der Waals surface area contributed by atoms with Gasteiger partial charge in [-0.05, 0) is 61.7 Å². The van der Waals surface area contributed by atoms with Crippen molar-refractivity contribution in [3.63, 3.8) is 0 Å². The van der Waals surface area contributed by atoms with Gasteiger partial charge in [-0.15, -0.1) is 0 Å². The molecular weight excluding hydrogens is 432 g/mol. The van der Waals surface area contributed by atoms with Crippen molar-refractivity contribution in [3.05, 3.63) is 77.9 Å². The van der Waals surface area contributed by atoms with Gasteiger partial charge in [-0.25, -0.2) is 0 Å². The Balaban J connectivity index is 1.52. The molecule has 1 heterocycles. The van der Waals surface area contributed by atoms with Gasteiger partial charge in [0.1, 0.15) is 5.75 Å². The van der Waals surface area contributed by atoms with Crippen LogP contribution in [0.5, 0.6) is 17.2 Å². The molecule has 1 aliphatic rings. The van der Waals surface area contributed by atoms with Crippen molar-refractivity contribution < 1.29 is 23.8 Å². The zero-order valence-corrected chi connectivity index (χ0v) is 19.5. The monoisotopic (exact) mass is 460 g/mol. The highest BCUT2D eigenvalue weighted by Gasteiger charge is 2.31. The maximum atomic E-state index is 12.9. The largest absolute Gasteiger partial charge is 0.493 e. The number of anilines is 2. The SMILES string of the molecule is COc1ccc(C(=O)Nc2ccc3c(c2)N(CCCc2ccccc2)C(=O)C(C)O3)cc1OC. The van der Waals surface area contributed by atoms with Crippen molar-refractivity contribution in [2.24, 2.45) is 0 Å². The summed E-state index contributed by atoms with van der Waals surface area (Å²) in [7, 11) is 3.06. The second kappa shape index (κ2) is 10.3. The van der Waals surface area contributed by atoms with Crippen LogP contribution in [0.2, 0.25) is 0 Å². The third-order valence-electron chi connectivity index (χ3n) is 5.76. The minimum atomic E-state index is -0.559. The summed E-state index contributed by atoms with van der Waals surface area (Å²) in [6.07, 6.45) is 1.12. The lowest BCUT2D eigenvalue weighted by Gasteiger charge is -2.33. The fourth-order valence-electron chi connectivity index (χ4n) is 3.98. The smallest absolute Gasteiger partial charge is 0.267 e. The lowest BCUT2D eigenvalue weighted by molar-refractivity contribution is -0.125. The summed E-state index contributed by atoms with van der Waals surface area (Å²) in [4.78, 5) is 27.5. The Labute approximate surface area is 199 Å². The number of nitrogens with one attached hydrogen (secondary N) is 1. The third-order valence-corrected chi connectivity index (χ3v) is 5.76. The molecule has 0 aromatic heterocycles. The van der Waals surface area contributed by atoms with Crippen molar-refractivity contribution in [2.45, 2.75) is 25.9 Å². The quantitative estimate of drug-likeness (QED) is 0.527. The maximum absolute atomic E-state index is 12.9. The Bertz CT molecular complexity index is 1180. The van der Waals surface area contributed by atoms with Gasteiger partial charge in [0.25, 0.3) is 11.8 Å². The van der Waals surface area contributed by atoms with Crippen LogP contribution in [0.1, 0.15) is 29.3 Å². The molecule has 1 aliphatic heterocycles. The Morgan fingerprint density at radius 1 is 1.00 bits per heavy atom. The molecule has 0 saturated carbocycles. The first-order valence-corrected chi connectivity index (χ1v) is 11.2. The molecule has 0 fully saturated rings. The molecule has 2 amide bonds. The van der Waals surface area contributed by atoms with Crippen molar-refractivity contribution in [2.75, 3.05) is 31.0 Å². The number of rotatable bonds is 8. The molecule has 0 aliphatic carbocycles. The summed E-state index contributed by atoms with van der Waals surface area (Å²) in [6.45, 7) is 2.31. The van der Waals surface area contributed by atoms with Gasteiger partial charge < -0.3 is 24.4 Å². The van der Waals surface area contributed by atoms with E-state index in [0.717, 1.165) is 12.8 Å². The molecule has 7 heteroatoms. The first kappa shape index (κ1) is 23.2. The van der Waals surface area contributed by atoms with Gasteiger partial charge in [0.2, 0.25) is 0 Å². The van der Waals surface area contributed by atoms with Gasteiger partial charge in [-0.3, -0.25) is 9.59 Å². The zero-order valence-electron chi connectivity index (χ0n) is 19.5. The number of methoxy groups -OCH3 is 2. The lowest BCUT2D eigenvalue weighted by atomic mass is 10.1. The fraction of sp³-hybridized carbons (Fsp3) is 0.259. The highest BCUT2D eigenvalue weighted by Crippen LogP contribution is 2.37. The Kier molecular flexibility index (Phi) is 7.01. The lowest BCUT2D eigenvalue weighted by Crippen LogP contribution is -2.45. The van der Waals surface area contributed by atoms with Gasteiger partial charge in [-0.1, -0.05) is 30.3 Å². The van der Waals surface area contributed by atoms with Crippen molar-refractivity contribution in [1.29, 1.82) is 0 Å². The van der Waals surface area contributed by atoms with E-state index in [1.54, 1.807) is 55.3 Å². The van der Waals surface area contributed by atoms with Gasteiger partial charge >= 0.3 is 0 Å². The number of aryl methyl sites for hydroxylation is 1. The zero-order chi connectivity index (χ0) is 24.1. The van der Waals surface area contributed by atoms with E-state index in [2.05, 4.69) is 17.4 Å². The Hall–Kier alpha value is -4.00. The number of carbonyl (C=O) groups is 2. The standard InChI is InChI=1S/C27H28N2O5/c1-18-27(31)29(15-7-10-19-8-5-4-6-9-19)22-17-21(12-14-23(22)34-18)28-26(30)20-11-13-24(32-2)25(16-20)33-3/h4-6,8-9,11-14,16-18H,7,10,15H2,1-3H3,(H,28,30). The molecule has 0 bridgehead atoms. The van der Waals surface area contributed by atoms with Crippen LogP contribution in [0.3, 0.4) is 0 Å². The molecule has 3 aromatic carbocycles. The van der Waals surface area contributed by atoms with E-state index in [9.17, 15) is 9.59 Å².